The second-order valence-electron chi connectivity index (χ2n) is 4.05. The van der Waals surface area contributed by atoms with Gasteiger partial charge in [-0.2, -0.15) is 0 Å². The summed E-state index contributed by atoms with van der Waals surface area (Å²) in [5.74, 6) is 1.13. The summed E-state index contributed by atoms with van der Waals surface area (Å²) in [6, 6.07) is 2.09. The molecule has 0 aliphatic carbocycles. The fraction of sp³-hybridized carbons (Fsp3) is 0.636. The Morgan fingerprint density at radius 1 is 1.50 bits per heavy atom. The largest absolute Gasteiger partial charge is 0.469 e. The molecule has 1 aromatic rings. The number of hydrogen-bond acceptors (Lipinski definition) is 4. The van der Waals surface area contributed by atoms with Gasteiger partial charge in [0.05, 0.1) is 6.26 Å². The van der Waals surface area contributed by atoms with Crippen LogP contribution in [-0.2, 0) is 9.84 Å². The van der Waals surface area contributed by atoms with Crippen molar-refractivity contribution in [3.05, 3.63) is 23.7 Å². The molecule has 0 aliphatic heterocycles. The third-order valence-electron chi connectivity index (χ3n) is 2.63. The number of sulfone groups is 1. The van der Waals surface area contributed by atoms with E-state index in [1.165, 1.54) is 6.26 Å². The van der Waals surface area contributed by atoms with Crippen molar-refractivity contribution in [3.8, 4) is 0 Å². The first-order chi connectivity index (χ1) is 7.44. The van der Waals surface area contributed by atoms with E-state index in [4.69, 9.17) is 4.42 Å². The van der Waals surface area contributed by atoms with E-state index in [2.05, 4.69) is 5.32 Å². The summed E-state index contributed by atoms with van der Waals surface area (Å²) in [5.41, 5.74) is 1.11. The molecule has 1 N–H and O–H groups in total. The molecule has 0 spiro atoms. The quantitative estimate of drug-likeness (QED) is 0.828. The summed E-state index contributed by atoms with van der Waals surface area (Å²) in [6.45, 7) is 1.91. The van der Waals surface area contributed by atoms with Gasteiger partial charge in [-0.25, -0.2) is 8.42 Å². The van der Waals surface area contributed by atoms with Crippen molar-refractivity contribution in [3.63, 3.8) is 0 Å². The Labute approximate surface area is 97.0 Å². The van der Waals surface area contributed by atoms with E-state index in [1.54, 1.807) is 6.26 Å². The van der Waals surface area contributed by atoms with E-state index in [0.29, 0.717) is 6.42 Å². The van der Waals surface area contributed by atoms with Crippen LogP contribution in [0.3, 0.4) is 0 Å². The molecule has 0 amide bonds. The molecule has 1 rings (SSSR count). The second-order valence-corrected chi connectivity index (χ2v) is 6.31. The lowest BCUT2D eigenvalue weighted by molar-refractivity contribution is 0.497. The molecule has 0 saturated carbocycles. The van der Waals surface area contributed by atoms with E-state index >= 15 is 0 Å². The number of furan rings is 1. The summed E-state index contributed by atoms with van der Waals surface area (Å²) < 4.78 is 27.3. The van der Waals surface area contributed by atoms with Crippen LogP contribution in [0.2, 0.25) is 0 Å². The van der Waals surface area contributed by atoms with E-state index in [-0.39, 0.29) is 11.8 Å². The minimum atomic E-state index is -2.86. The number of nitrogens with one attached hydrogen (secondary N) is 1. The van der Waals surface area contributed by atoms with E-state index < -0.39 is 9.84 Å². The van der Waals surface area contributed by atoms with Crippen LogP contribution in [0.15, 0.2) is 16.7 Å². The van der Waals surface area contributed by atoms with Crippen LogP contribution in [0.1, 0.15) is 30.2 Å². The molecule has 0 fully saturated rings. The fourth-order valence-electron chi connectivity index (χ4n) is 1.76. The van der Waals surface area contributed by atoms with Gasteiger partial charge < -0.3 is 9.73 Å². The molecule has 1 heterocycles. The van der Waals surface area contributed by atoms with Crippen LogP contribution in [0.5, 0.6) is 0 Å². The highest BCUT2D eigenvalue weighted by Gasteiger charge is 2.14. The van der Waals surface area contributed by atoms with Crippen LogP contribution in [0.25, 0.3) is 0 Å². The molecule has 0 aliphatic rings. The molecule has 1 atom stereocenters. The van der Waals surface area contributed by atoms with Crippen molar-refractivity contribution in [2.45, 2.75) is 25.8 Å². The Morgan fingerprint density at radius 2 is 2.19 bits per heavy atom. The maximum absolute atomic E-state index is 11.0. The molecule has 0 saturated heterocycles. The molecule has 1 aromatic heterocycles. The number of hydrogen-bond donors (Lipinski definition) is 1. The normalized spacial score (nSPS) is 13.9. The van der Waals surface area contributed by atoms with Gasteiger partial charge in [0.15, 0.2) is 0 Å². The Hall–Kier alpha value is -0.810. The van der Waals surface area contributed by atoms with Crippen LogP contribution < -0.4 is 5.32 Å². The Kier molecular flexibility index (Phi) is 4.56. The monoisotopic (exact) mass is 245 g/mol. The van der Waals surface area contributed by atoms with Crippen molar-refractivity contribution in [2.75, 3.05) is 19.1 Å². The van der Waals surface area contributed by atoms with Gasteiger partial charge in [-0.15, -0.1) is 0 Å². The third-order valence-corrected chi connectivity index (χ3v) is 3.66. The van der Waals surface area contributed by atoms with Gasteiger partial charge in [-0.1, -0.05) is 0 Å². The standard InChI is InChI=1S/C11H19NO3S/c1-9-10(6-7-15-9)11(12-2)5-4-8-16(3,13)14/h6-7,11-12H,4-5,8H2,1-3H3. The Bertz CT molecular complexity index is 422. The Balaban J connectivity index is 2.54. The maximum Gasteiger partial charge on any atom is 0.147 e. The van der Waals surface area contributed by atoms with Crippen LogP contribution in [0.4, 0.5) is 0 Å². The van der Waals surface area contributed by atoms with Crippen LogP contribution in [-0.4, -0.2) is 27.5 Å². The average Bonchev–Trinajstić information content (AvgIpc) is 2.58. The smallest absolute Gasteiger partial charge is 0.147 e. The molecular weight excluding hydrogens is 226 g/mol. The van der Waals surface area contributed by atoms with Gasteiger partial charge in [-0.3, -0.25) is 0 Å². The van der Waals surface area contributed by atoms with Gasteiger partial charge in [0.1, 0.15) is 15.6 Å². The van der Waals surface area contributed by atoms with Crippen molar-refractivity contribution >= 4 is 9.84 Å². The first-order valence-electron chi connectivity index (χ1n) is 5.33. The lowest BCUT2D eigenvalue weighted by Crippen LogP contribution is -2.17. The summed E-state index contributed by atoms with van der Waals surface area (Å²) >= 11 is 0. The fourth-order valence-corrected chi connectivity index (χ4v) is 2.45. The van der Waals surface area contributed by atoms with Crippen molar-refractivity contribution in [1.29, 1.82) is 0 Å². The van der Waals surface area contributed by atoms with Gasteiger partial charge in [0.25, 0.3) is 0 Å². The zero-order valence-corrected chi connectivity index (χ0v) is 10.8. The minimum Gasteiger partial charge on any atom is -0.469 e. The summed E-state index contributed by atoms with van der Waals surface area (Å²) in [6.07, 6.45) is 4.38. The first kappa shape index (κ1) is 13.3. The minimum absolute atomic E-state index is 0.167. The molecule has 1 unspecified atom stereocenters. The zero-order chi connectivity index (χ0) is 12.2. The highest BCUT2D eigenvalue weighted by molar-refractivity contribution is 7.90. The maximum atomic E-state index is 11.0. The van der Waals surface area contributed by atoms with Crippen LogP contribution in [0, 0.1) is 6.92 Å². The zero-order valence-electron chi connectivity index (χ0n) is 9.99. The third kappa shape index (κ3) is 3.98. The second kappa shape index (κ2) is 5.50. The van der Waals surface area contributed by atoms with E-state index in [1.807, 2.05) is 20.0 Å². The van der Waals surface area contributed by atoms with E-state index in [9.17, 15) is 8.42 Å². The van der Waals surface area contributed by atoms with Crippen molar-refractivity contribution in [2.24, 2.45) is 0 Å². The van der Waals surface area contributed by atoms with Crippen LogP contribution >= 0.6 is 0 Å². The molecule has 0 aromatic carbocycles. The van der Waals surface area contributed by atoms with Crippen molar-refractivity contribution < 1.29 is 12.8 Å². The average molecular weight is 245 g/mol. The lowest BCUT2D eigenvalue weighted by atomic mass is 10.0. The SMILES string of the molecule is CNC(CCCS(C)(=O)=O)c1ccoc1C. The summed E-state index contributed by atoms with van der Waals surface area (Å²) in [4.78, 5) is 0. The summed E-state index contributed by atoms with van der Waals surface area (Å²) in [5, 5.41) is 3.18. The molecule has 16 heavy (non-hydrogen) atoms. The molecule has 0 bridgehead atoms. The molecule has 4 nitrogen and oxygen atoms in total. The summed E-state index contributed by atoms with van der Waals surface area (Å²) in [7, 11) is -0.986. The molecule has 92 valence electrons. The van der Waals surface area contributed by atoms with Gasteiger partial charge in [-0.05, 0) is 32.9 Å². The van der Waals surface area contributed by atoms with Gasteiger partial charge in [0.2, 0.25) is 0 Å². The molecular formula is C11H19NO3S. The topological polar surface area (TPSA) is 59.3 Å². The number of rotatable bonds is 6. The highest BCUT2D eigenvalue weighted by atomic mass is 32.2. The number of aryl methyl sites for hydroxylation is 1. The highest BCUT2D eigenvalue weighted by Crippen LogP contribution is 2.22. The Morgan fingerprint density at radius 3 is 2.62 bits per heavy atom. The van der Waals surface area contributed by atoms with Gasteiger partial charge >= 0.3 is 0 Å². The van der Waals surface area contributed by atoms with Gasteiger partial charge in [0, 0.05) is 23.6 Å². The lowest BCUT2D eigenvalue weighted by Gasteiger charge is -2.14. The first-order valence-corrected chi connectivity index (χ1v) is 7.39. The molecule has 5 heteroatoms. The predicted molar refractivity (Wildman–Crippen MR) is 64.2 cm³/mol. The predicted octanol–water partition coefficient (Wildman–Crippen LogP) is 1.67. The molecule has 0 radical (unpaired) electrons. The van der Waals surface area contributed by atoms with Crippen molar-refractivity contribution in [1.82, 2.24) is 5.32 Å². The van der Waals surface area contributed by atoms with E-state index in [0.717, 1.165) is 17.7 Å².